The van der Waals surface area contributed by atoms with E-state index in [4.69, 9.17) is 4.74 Å². The van der Waals surface area contributed by atoms with Crippen LogP contribution in [0, 0.1) is 11.8 Å². The first-order valence-electron chi connectivity index (χ1n) is 6.68. The lowest BCUT2D eigenvalue weighted by Crippen LogP contribution is -2.36. The fourth-order valence-corrected chi connectivity index (χ4v) is 3.34. The number of rotatable bonds is 4. The Balaban J connectivity index is 1.90. The van der Waals surface area contributed by atoms with Gasteiger partial charge in [-0.1, -0.05) is 32.1 Å². The highest BCUT2D eigenvalue weighted by Crippen LogP contribution is 2.35. The van der Waals surface area contributed by atoms with E-state index in [0.717, 1.165) is 25.0 Å². The second-order valence-electron chi connectivity index (χ2n) is 5.17. The first-order valence-corrected chi connectivity index (χ1v) is 6.68. The molecule has 1 aliphatic carbocycles. The monoisotopic (exact) mass is 211 g/mol. The first-order chi connectivity index (χ1) is 7.42. The second-order valence-corrected chi connectivity index (χ2v) is 5.17. The smallest absolute Gasteiger partial charge is 0.0618 e. The van der Waals surface area contributed by atoms with Crippen molar-refractivity contribution in [3.63, 3.8) is 0 Å². The molecule has 2 unspecified atom stereocenters. The third-order valence-corrected chi connectivity index (χ3v) is 4.14. The minimum absolute atomic E-state index is 0.556. The summed E-state index contributed by atoms with van der Waals surface area (Å²) >= 11 is 0. The van der Waals surface area contributed by atoms with Crippen molar-refractivity contribution in [2.75, 3.05) is 20.2 Å². The average molecular weight is 211 g/mol. The summed E-state index contributed by atoms with van der Waals surface area (Å²) in [5.41, 5.74) is 0. The number of hydrogen-bond acceptors (Lipinski definition) is 2. The van der Waals surface area contributed by atoms with Crippen molar-refractivity contribution < 1.29 is 4.74 Å². The van der Waals surface area contributed by atoms with Crippen LogP contribution in [0.4, 0.5) is 0 Å². The highest BCUT2D eigenvalue weighted by atomic mass is 16.5. The molecule has 1 N–H and O–H groups in total. The predicted molar refractivity (Wildman–Crippen MR) is 63.0 cm³/mol. The highest BCUT2D eigenvalue weighted by Gasteiger charge is 2.32. The molecule has 15 heavy (non-hydrogen) atoms. The molecule has 0 aromatic rings. The molecule has 1 heterocycles. The summed E-state index contributed by atoms with van der Waals surface area (Å²) in [6.45, 7) is 2.15. The standard InChI is InChI=1S/C13H25NO/c1-14-10-12(13-8-5-9-15-13)11-6-3-2-4-7-11/h11-14H,2-10H2,1H3. The molecule has 2 nitrogen and oxygen atoms in total. The van der Waals surface area contributed by atoms with E-state index >= 15 is 0 Å². The van der Waals surface area contributed by atoms with Gasteiger partial charge in [0.1, 0.15) is 0 Å². The molecule has 2 atom stereocenters. The zero-order valence-electron chi connectivity index (χ0n) is 10.0. The van der Waals surface area contributed by atoms with E-state index in [1.165, 1.54) is 44.9 Å². The van der Waals surface area contributed by atoms with Crippen LogP contribution < -0.4 is 5.32 Å². The van der Waals surface area contributed by atoms with Gasteiger partial charge < -0.3 is 10.1 Å². The molecule has 2 aliphatic rings. The minimum Gasteiger partial charge on any atom is -0.378 e. The fourth-order valence-electron chi connectivity index (χ4n) is 3.34. The summed E-state index contributed by atoms with van der Waals surface area (Å²) in [6.07, 6.45) is 10.3. The van der Waals surface area contributed by atoms with Gasteiger partial charge in [0, 0.05) is 19.1 Å². The maximum absolute atomic E-state index is 5.88. The minimum atomic E-state index is 0.556. The Hall–Kier alpha value is -0.0800. The molecule has 2 fully saturated rings. The lowest BCUT2D eigenvalue weighted by molar-refractivity contribution is 0.0295. The van der Waals surface area contributed by atoms with Gasteiger partial charge in [0.25, 0.3) is 0 Å². The zero-order valence-corrected chi connectivity index (χ0v) is 10.0. The van der Waals surface area contributed by atoms with Crippen LogP contribution in [0.1, 0.15) is 44.9 Å². The van der Waals surface area contributed by atoms with E-state index in [0.29, 0.717) is 6.10 Å². The molecule has 1 saturated heterocycles. The molecule has 0 amide bonds. The van der Waals surface area contributed by atoms with Crippen molar-refractivity contribution in [1.29, 1.82) is 0 Å². The van der Waals surface area contributed by atoms with E-state index in [2.05, 4.69) is 12.4 Å². The van der Waals surface area contributed by atoms with Crippen LogP contribution >= 0.6 is 0 Å². The van der Waals surface area contributed by atoms with Gasteiger partial charge >= 0.3 is 0 Å². The summed E-state index contributed by atoms with van der Waals surface area (Å²) < 4.78 is 5.88. The molecular formula is C13H25NO. The Kier molecular flexibility index (Phi) is 4.45. The largest absolute Gasteiger partial charge is 0.378 e. The van der Waals surface area contributed by atoms with Crippen LogP contribution in [-0.2, 0) is 4.74 Å². The van der Waals surface area contributed by atoms with E-state index in [1.807, 2.05) is 0 Å². The number of nitrogens with one attached hydrogen (secondary N) is 1. The van der Waals surface area contributed by atoms with Gasteiger partial charge in [-0.3, -0.25) is 0 Å². The summed E-state index contributed by atoms with van der Waals surface area (Å²) in [4.78, 5) is 0. The third-order valence-electron chi connectivity index (χ3n) is 4.14. The molecule has 1 aliphatic heterocycles. The van der Waals surface area contributed by atoms with E-state index < -0.39 is 0 Å². The zero-order chi connectivity index (χ0) is 10.5. The lowest BCUT2D eigenvalue weighted by Gasteiger charge is -2.33. The van der Waals surface area contributed by atoms with Gasteiger partial charge in [-0.25, -0.2) is 0 Å². The van der Waals surface area contributed by atoms with Crippen LogP contribution in [0.3, 0.4) is 0 Å². The van der Waals surface area contributed by atoms with Crippen molar-refractivity contribution in [2.45, 2.75) is 51.0 Å². The molecule has 0 aromatic heterocycles. The molecule has 0 radical (unpaired) electrons. The predicted octanol–water partition coefficient (Wildman–Crippen LogP) is 2.58. The van der Waals surface area contributed by atoms with Gasteiger partial charge in [0.2, 0.25) is 0 Å². The number of hydrogen-bond donors (Lipinski definition) is 1. The van der Waals surface area contributed by atoms with E-state index in [9.17, 15) is 0 Å². The van der Waals surface area contributed by atoms with E-state index in [-0.39, 0.29) is 0 Å². The summed E-state index contributed by atoms with van der Waals surface area (Å²) in [5.74, 6) is 1.70. The Morgan fingerprint density at radius 3 is 2.53 bits per heavy atom. The van der Waals surface area contributed by atoms with Crippen molar-refractivity contribution in [3.8, 4) is 0 Å². The highest BCUT2D eigenvalue weighted by molar-refractivity contribution is 4.83. The Morgan fingerprint density at radius 1 is 1.13 bits per heavy atom. The normalized spacial score (nSPS) is 30.6. The van der Waals surface area contributed by atoms with Crippen molar-refractivity contribution in [1.82, 2.24) is 5.32 Å². The quantitative estimate of drug-likeness (QED) is 0.771. The molecule has 2 rings (SSSR count). The Labute approximate surface area is 93.8 Å². The van der Waals surface area contributed by atoms with Crippen molar-refractivity contribution in [2.24, 2.45) is 11.8 Å². The molecular weight excluding hydrogens is 186 g/mol. The van der Waals surface area contributed by atoms with Crippen LogP contribution in [0.5, 0.6) is 0 Å². The first kappa shape index (κ1) is 11.4. The van der Waals surface area contributed by atoms with Crippen molar-refractivity contribution >= 4 is 0 Å². The molecule has 0 spiro atoms. The van der Waals surface area contributed by atoms with Gasteiger partial charge in [-0.2, -0.15) is 0 Å². The summed E-state index contributed by atoms with van der Waals surface area (Å²) in [7, 11) is 2.07. The maximum Gasteiger partial charge on any atom is 0.0618 e. The fraction of sp³-hybridized carbons (Fsp3) is 1.00. The summed E-state index contributed by atoms with van der Waals surface area (Å²) in [6, 6.07) is 0. The molecule has 0 bridgehead atoms. The van der Waals surface area contributed by atoms with Gasteiger partial charge in [0.05, 0.1) is 6.10 Å². The Morgan fingerprint density at radius 2 is 1.93 bits per heavy atom. The van der Waals surface area contributed by atoms with Crippen LogP contribution in [0.15, 0.2) is 0 Å². The second kappa shape index (κ2) is 5.86. The van der Waals surface area contributed by atoms with Crippen LogP contribution in [0.2, 0.25) is 0 Å². The van der Waals surface area contributed by atoms with Gasteiger partial charge in [-0.05, 0) is 25.8 Å². The molecule has 88 valence electrons. The van der Waals surface area contributed by atoms with Gasteiger partial charge in [0.15, 0.2) is 0 Å². The SMILES string of the molecule is CNCC(C1CCCCC1)C1CCCO1. The number of ether oxygens (including phenoxy) is 1. The molecule has 2 heteroatoms. The van der Waals surface area contributed by atoms with Crippen molar-refractivity contribution in [3.05, 3.63) is 0 Å². The van der Waals surface area contributed by atoms with Crippen LogP contribution in [-0.4, -0.2) is 26.3 Å². The topological polar surface area (TPSA) is 21.3 Å². The Bertz CT molecular complexity index is 171. The van der Waals surface area contributed by atoms with Gasteiger partial charge in [-0.15, -0.1) is 0 Å². The molecule has 1 saturated carbocycles. The van der Waals surface area contributed by atoms with E-state index in [1.54, 1.807) is 0 Å². The maximum atomic E-state index is 5.88. The summed E-state index contributed by atoms with van der Waals surface area (Å²) in [5, 5.41) is 3.36. The third kappa shape index (κ3) is 2.94. The average Bonchev–Trinajstić information content (AvgIpc) is 2.80. The molecule has 0 aromatic carbocycles. The van der Waals surface area contributed by atoms with Crippen LogP contribution in [0.25, 0.3) is 0 Å². The lowest BCUT2D eigenvalue weighted by atomic mass is 9.77.